The third kappa shape index (κ3) is 3.37. The van der Waals surface area contributed by atoms with Gasteiger partial charge in [0.05, 0.1) is 19.3 Å². The molecule has 98 valence electrons. The van der Waals surface area contributed by atoms with Gasteiger partial charge in [-0.15, -0.1) is 0 Å². The fraction of sp³-hybridized carbons (Fsp3) is 0.500. The van der Waals surface area contributed by atoms with Gasteiger partial charge >= 0.3 is 0 Å². The van der Waals surface area contributed by atoms with E-state index in [1.165, 1.54) is 12.1 Å². The summed E-state index contributed by atoms with van der Waals surface area (Å²) in [6.07, 6.45) is 1.16. The Morgan fingerprint density at radius 3 is 3.11 bits per heavy atom. The van der Waals surface area contributed by atoms with E-state index in [0.717, 1.165) is 19.5 Å². The summed E-state index contributed by atoms with van der Waals surface area (Å²) in [6.45, 7) is 4.61. The van der Waals surface area contributed by atoms with Gasteiger partial charge < -0.3 is 4.74 Å². The van der Waals surface area contributed by atoms with Gasteiger partial charge in [0.1, 0.15) is 5.82 Å². The third-order valence-corrected chi connectivity index (χ3v) is 3.19. The Balaban J connectivity index is 1.95. The molecule has 1 aromatic carbocycles. The standard InChI is InChI=1S/C14H18FNO2/c1-2-13-9-16(6-7-18-13)10-14(17)11-4-3-5-12(15)8-11/h3-5,8,13H,2,6-7,9-10H2,1H3. The van der Waals surface area contributed by atoms with Crippen molar-refractivity contribution in [1.29, 1.82) is 0 Å². The number of ketones is 1. The van der Waals surface area contributed by atoms with Crippen molar-refractivity contribution in [2.24, 2.45) is 0 Å². The Bertz CT molecular complexity index is 422. The van der Waals surface area contributed by atoms with Crippen molar-refractivity contribution in [3.63, 3.8) is 0 Å². The van der Waals surface area contributed by atoms with E-state index in [2.05, 4.69) is 11.8 Å². The summed E-state index contributed by atoms with van der Waals surface area (Å²) in [6, 6.07) is 5.86. The Kier molecular flexibility index (Phi) is 4.44. The maximum atomic E-state index is 13.0. The summed E-state index contributed by atoms with van der Waals surface area (Å²) >= 11 is 0. The SMILES string of the molecule is CCC1CN(CC(=O)c2cccc(F)c2)CCO1. The molecule has 1 aromatic rings. The van der Waals surface area contributed by atoms with Gasteiger partial charge in [0.25, 0.3) is 0 Å². The van der Waals surface area contributed by atoms with Crippen LogP contribution in [0.1, 0.15) is 23.7 Å². The van der Waals surface area contributed by atoms with Gasteiger partial charge in [-0.25, -0.2) is 4.39 Å². The number of nitrogens with zero attached hydrogens (tertiary/aromatic N) is 1. The molecule has 1 aliphatic heterocycles. The van der Waals surface area contributed by atoms with Crippen LogP contribution in [0, 0.1) is 5.82 Å². The van der Waals surface area contributed by atoms with Crippen molar-refractivity contribution in [2.75, 3.05) is 26.2 Å². The van der Waals surface area contributed by atoms with Crippen molar-refractivity contribution in [1.82, 2.24) is 4.90 Å². The van der Waals surface area contributed by atoms with E-state index in [4.69, 9.17) is 4.74 Å². The predicted octanol–water partition coefficient (Wildman–Crippen LogP) is 2.12. The van der Waals surface area contributed by atoms with Crippen LogP contribution in [0.5, 0.6) is 0 Å². The van der Waals surface area contributed by atoms with E-state index in [1.54, 1.807) is 12.1 Å². The zero-order valence-electron chi connectivity index (χ0n) is 10.6. The van der Waals surface area contributed by atoms with Crippen LogP contribution in [0.25, 0.3) is 0 Å². The molecule has 0 saturated carbocycles. The predicted molar refractivity (Wildman–Crippen MR) is 67.2 cm³/mol. The highest BCUT2D eigenvalue weighted by Gasteiger charge is 2.21. The highest BCUT2D eigenvalue weighted by Crippen LogP contribution is 2.10. The molecule has 4 heteroatoms. The summed E-state index contributed by atoms with van der Waals surface area (Å²) < 4.78 is 18.6. The van der Waals surface area contributed by atoms with E-state index >= 15 is 0 Å². The number of halogens is 1. The van der Waals surface area contributed by atoms with Crippen molar-refractivity contribution in [3.05, 3.63) is 35.6 Å². The molecule has 2 rings (SSSR count). The van der Waals surface area contributed by atoms with Crippen LogP contribution < -0.4 is 0 Å². The van der Waals surface area contributed by atoms with E-state index < -0.39 is 0 Å². The van der Waals surface area contributed by atoms with Crippen LogP contribution in [0.4, 0.5) is 4.39 Å². The molecule has 0 radical (unpaired) electrons. The van der Waals surface area contributed by atoms with E-state index in [1.807, 2.05) is 0 Å². The number of ether oxygens (including phenoxy) is 1. The van der Waals surface area contributed by atoms with Crippen LogP contribution in [0.15, 0.2) is 24.3 Å². The Morgan fingerprint density at radius 1 is 1.56 bits per heavy atom. The van der Waals surface area contributed by atoms with Crippen LogP contribution in [0.2, 0.25) is 0 Å². The second-order valence-corrected chi connectivity index (χ2v) is 4.57. The average Bonchev–Trinajstić information content (AvgIpc) is 2.39. The van der Waals surface area contributed by atoms with Gasteiger partial charge in [-0.05, 0) is 18.6 Å². The first-order chi connectivity index (χ1) is 8.69. The maximum Gasteiger partial charge on any atom is 0.176 e. The molecule has 1 heterocycles. The number of hydrogen-bond donors (Lipinski definition) is 0. The van der Waals surface area contributed by atoms with Gasteiger partial charge in [0, 0.05) is 18.7 Å². The Labute approximate surface area is 107 Å². The topological polar surface area (TPSA) is 29.5 Å². The number of Topliss-reactive ketones (excluding diaryl/α,β-unsaturated/α-hetero) is 1. The van der Waals surface area contributed by atoms with Crippen molar-refractivity contribution in [3.8, 4) is 0 Å². The lowest BCUT2D eigenvalue weighted by atomic mass is 10.1. The second kappa shape index (κ2) is 6.07. The Morgan fingerprint density at radius 2 is 2.39 bits per heavy atom. The lowest BCUT2D eigenvalue weighted by molar-refractivity contribution is -0.0271. The van der Waals surface area contributed by atoms with Crippen LogP contribution in [-0.4, -0.2) is 43.0 Å². The molecule has 1 atom stereocenters. The van der Waals surface area contributed by atoms with Crippen molar-refractivity contribution >= 4 is 5.78 Å². The summed E-state index contributed by atoms with van der Waals surface area (Å²) in [4.78, 5) is 14.1. The number of hydrogen-bond acceptors (Lipinski definition) is 3. The summed E-state index contributed by atoms with van der Waals surface area (Å²) in [5.74, 6) is -0.402. The molecule has 1 unspecified atom stereocenters. The molecule has 0 N–H and O–H groups in total. The fourth-order valence-electron chi connectivity index (χ4n) is 2.13. The maximum absolute atomic E-state index is 13.0. The molecule has 3 nitrogen and oxygen atoms in total. The molecular weight excluding hydrogens is 233 g/mol. The quantitative estimate of drug-likeness (QED) is 0.768. The van der Waals surface area contributed by atoms with Gasteiger partial charge in [-0.2, -0.15) is 0 Å². The number of rotatable bonds is 4. The molecule has 0 aliphatic carbocycles. The Hall–Kier alpha value is -1.26. The van der Waals surface area contributed by atoms with Crippen molar-refractivity contribution in [2.45, 2.75) is 19.4 Å². The molecule has 1 saturated heterocycles. The molecule has 0 aromatic heterocycles. The second-order valence-electron chi connectivity index (χ2n) is 4.57. The first kappa shape index (κ1) is 13.2. The van der Waals surface area contributed by atoms with E-state index in [-0.39, 0.29) is 17.7 Å². The number of carbonyl (C=O) groups excluding carboxylic acids is 1. The van der Waals surface area contributed by atoms with Gasteiger partial charge in [-0.1, -0.05) is 19.1 Å². The lowest BCUT2D eigenvalue weighted by Gasteiger charge is -2.31. The zero-order chi connectivity index (χ0) is 13.0. The first-order valence-electron chi connectivity index (χ1n) is 6.31. The molecule has 0 bridgehead atoms. The summed E-state index contributed by atoms with van der Waals surface area (Å²) in [5.41, 5.74) is 0.439. The summed E-state index contributed by atoms with van der Waals surface area (Å²) in [7, 11) is 0. The highest BCUT2D eigenvalue weighted by molar-refractivity contribution is 5.97. The largest absolute Gasteiger partial charge is 0.376 e. The van der Waals surface area contributed by atoms with E-state index in [9.17, 15) is 9.18 Å². The van der Waals surface area contributed by atoms with Crippen LogP contribution in [-0.2, 0) is 4.74 Å². The number of carbonyl (C=O) groups is 1. The van der Waals surface area contributed by atoms with E-state index in [0.29, 0.717) is 18.7 Å². The summed E-state index contributed by atoms with van der Waals surface area (Å²) in [5, 5.41) is 0. The molecule has 0 spiro atoms. The smallest absolute Gasteiger partial charge is 0.176 e. The minimum absolute atomic E-state index is 0.0359. The monoisotopic (exact) mass is 251 g/mol. The zero-order valence-corrected chi connectivity index (χ0v) is 10.6. The molecular formula is C14H18FNO2. The molecule has 1 aliphatic rings. The highest BCUT2D eigenvalue weighted by atomic mass is 19.1. The third-order valence-electron chi connectivity index (χ3n) is 3.19. The fourth-order valence-corrected chi connectivity index (χ4v) is 2.13. The normalized spacial score (nSPS) is 20.9. The molecule has 0 amide bonds. The van der Waals surface area contributed by atoms with Gasteiger partial charge in [0.2, 0.25) is 0 Å². The van der Waals surface area contributed by atoms with Gasteiger partial charge in [0.15, 0.2) is 5.78 Å². The number of benzene rings is 1. The number of morpholine rings is 1. The van der Waals surface area contributed by atoms with Crippen LogP contribution in [0.3, 0.4) is 0 Å². The molecule has 1 fully saturated rings. The molecule has 18 heavy (non-hydrogen) atoms. The lowest BCUT2D eigenvalue weighted by Crippen LogP contribution is -2.44. The first-order valence-corrected chi connectivity index (χ1v) is 6.31. The van der Waals surface area contributed by atoms with Crippen LogP contribution >= 0.6 is 0 Å². The van der Waals surface area contributed by atoms with Crippen molar-refractivity contribution < 1.29 is 13.9 Å². The minimum Gasteiger partial charge on any atom is -0.376 e. The minimum atomic E-state index is -0.366. The van der Waals surface area contributed by atoms with Gasteiger partial charge in [-0.3, -0.25) is 9.69 Å². The average molecular weight is 251 g/mol.